The Morgan fingerprint density at radius 1 is 1.05 bits per heavy atom. The van der Waals surface area contributed by atoms with E-state index in [9.17, 15) is 15.1 Å². The van der Waals surface area contributed by atoms with Crippen LogP contribution in [0.25, 0.3) is 0 Å². The number of hydrogen-bond donors (Lipinski definition) is 3. The Hall–Kier alpha value is -2.53. The Balaban J connectivity index is 2.07. The van der Waals surface area contributed by atoms with Gasteiger partial charge in [0, 0.05) is 11.3 Å². The van der Waals surface area contributed by atoms with Gasteiger partial charge in [0.1, 0.15) is 5.75 Å². The van der Waals surface area contributed by atoms with Crippen molar-refractivity contribution in [3.63, 3.8) is 0 Å². The van der Waals surface area contributed by atoms with Crippen molar-refractivity contribution in [1.29, 1.82) is 0 Å². The third-order valence-corrected chi connectivity index (χ3v) is 3.13. The number of fused-ring (bicyclic) bond motifs is 1. The summed E-state index contributed by atoms with van der Waals surface area (Å²) >= 11 is 0. The zero-order valence-corrected chi connectivity index (χ0v) is 9.95. The highest BCUT2D eigenvalue weighted by Gasteiger charge is 2.33. The highest BCUT2D eigenvalue weighted by molar-refractivity contribution is 6.01. The number of nitrogens with zero attached hydrogens (tertiary/aromatic N) is 1. The van der Waals surface area contributed by atoms with Gasteiger partial charge in [-0.15, -0.1) is 0 Å². The molecule has 0 spiro atoms. The minimum absolute atomic E-state index is 0.0197. The van der Waals surface area contributed by atoms with Gasteiger partial charge >= 0.3 is 0 Å². The fourth-order valence-corrected chi connectivity index (χ4v) is 2.17. The van der Waals surface area contributed by atoms with E-state index < -0.39 is 12.1 Å². The van der Waals surface area contributed by atoms with E-state index in [4.69, 9.17) is 0 Å². The van der Waals surface area contributed by atoms with Gasteiger partial charge in [0.2, 0.25) is 0 Å². The maximum atomic E-state index is 12.1. The van der Waals surface area contributed by atoms with E-state index in [0.717, 1.165) is 0 Å². The fourth-order valence-electron chi connectivity index (χ4n) is 2.17. The number of carbonyl (C=O) groups excluding carboxylic acids is 1. The molecule has 1 aliphatic rings. The molecule has 0 aromatic heterocycles. The minimum Gasteiger partial charge on any atom is -0.508 e. The smallest absolute Gasteiger partial charge is 0.281 e. The minimum atomic E-state index is -0.802. The Bertz CT molecular complexity index is 642. The van der Waals surface area contributed by atoms with Gasteiger partial charge in [0.15, 0.2) is 6.17 Å². The van der Waals surface area contributed by atoms with Crippen molar-refractivity contribution in [2.75, 3.05) is 5.32 Å². The standard InChI is InChI=1S/C14H12N2O3/c17-12-8-4-2-6-10(12)13-15-11-7-3-1-5-9(11)14(18)16(13)19/h1-8,13,15,17,19H/t13-/m0/s1. The van der Waals surface area contributed by atoms with Crippen molar-refractivity contribution in [3.05, 3.63) is 59.7 Å². The lowest BCUT2D eigenvalue weighted by molar-refractivity contribution is -0.0855. The molecule has 0 radical (unpaired) electrons. The summed E-state index contributed by atoms with van der Waals surface area (Å²) in [7, 11) is 0. The number of carbonyl (C=O) groups is 1. The number of amides is 1. The summed E-state index contributed by atoms with van der Waals surface area (Å²) in [5.74, 6) is -0.478. The molecule has 1 atom stereocenters. The van der Waals surface area contributed by atoms with Crippen molar-refractivity contribution in [1.82, 2.24) is 5.06 Å². The second-order valence-electron chi connectivity index (χ2n) is 4.30. The molecule has 3 rings (SSSR count). The van der Waals surface area contributed by atoms with Crippen molar-refractivity contribution in [3.8, 4) is 5.75 Å². The van der Waals surface area contributed by atoms with Crippen molar-refractivity contribution < 1.29 is 15.1 Å². The maximum Gasteiger partial charge on any atom is 0.281 e. The van der Waals surface area contributed by atoms with Crippen LogP contribution in [0, 0.1) is 0 Å². The van der Waals surface area contributed by atoms with Crippen LogP contribution in [0.15, 0.2) is 48.5 Å². The van der Waals surface area contributed by atoms with Gasteiger partial charge in [-0.1, -0.05) is 30.3 Å². The van der Waals surface area contributed by atoms with Crippen LogP contribution in [-0.4, -0.2) is 21.3 Å². The molecule has 96 valence electrons. The van der Waals surface area contributed by atoms with Gasteiger partial charge in [-0.25, -0.2) is 0 Å². The highest BCUT2D eigenvalue weighted by atomic mass is 16.5. The number of phenolic OH excluding ortho intramolecular Hbond substituents is 1. The van der Waals surface area contributed by atoms with E-state index in [-0.39, 0.29) is 5.75 Å². The lowest BCUT2D eigenvalue weighted by atomic mass is 10.0. The number of rotatable bonds is 1. The molecule has 0 bridgehead atoms. The molecule has 0 saturated carbocycles. The second kappa shape index (κ2) is 4.29. The molecule has 0 unspecified atom stereocenters. The van der Waals surface area contributed by atoms with Crippen LogP contribution < -0.4 is 5.32 Å². The predicted octanol–water partition coefficient (Wildman–Crippen LogP) is 2.35. The van der Waals surface area contributed by atoms with Crippen LogP contribution >= 0.6 is 0 Å². The van der Waals surface area contributed by atoms with E-state index in [0.29, 0.717) is 21.9 Å². The summed E-state index contributed by atoms with van der Waals surface area (Å²) in [5.41, 5.74) is 1.47. The largest absolute Gasteiger partial charge is 0.508 e. The number of nitrogens with one attached hydrogen (secondary N) is 1. The molecule has 0 aliphatic carbocycles. The van der Waals surface area contributed by atoms with Crippen molar-refractivity contribution in [2.24, 2.45) is 0 Å². The average molecular weight is 256 g/mol. The third-order valence-electron chi connectivity index (χ3n) is 3.13. The molecule has 0 saturated heterocycles. The molecule has 19 heavy (non-hydrogen) atoms. The number of benzene rings is 2. The Morgan fingerprint density at radius 2 is 1.74 bits per heavy atom. The highest BCUT2D eigenvalue weighted by Crippen LogP contribution is 2.34. The average Bonchev–Trinajstić information content (AvgIpc) is 2.44. The van der Waals surface area contributed by atoms with Crippen molar-refractivity contribution >= 4 is 11.6 Å². The zero-order chi connectivity index (χ0) is 13.4. The van der Waals surface area contributed by atoms with E-state index in [2.05, 4.69) is 5.32 Å². The summed E-state index contributed by atoms with van der Waals surface area (Å²) in [6.45, 7) is 0. The van der Waals surface area contributed by atoms with Crippen molar-refractivity contribution in [2.45, 2.75) is 6.17 Å². The molecule has 3 N–H and O–H groups in total. The number of hydroxylamine groups is 2. The van der Waals surface area contributed by atoms with Gasteiger partial charge in [-0.05, 0) is 18.2 Å². The van der Waals surface area contributed by atoms with Gasteiger partial charge in [-0.2, -0.15) is 5.06 Å². The third kappa shape index (κ3) is 1.80. The Kier molecular flexibility index (Phi) is 2.61. The molecule has 2 aromatic carbocycles. The van der Waals surface area contributed by atoms with Crippen LogP contribution in [0.2, 0.25) is 0 Å². The topological polar surface area (TPSA) is 72.8 Å². The molecular weight excluding hydrogens is 244 g/mol. The van der Waals surface area contributed by atoms with Gasteiger partial charge in [0.05, 0.1) is 5.56 Å². The van der Waals surface area contributed by atoms with E-state index in [1.165, 1.54) is 6.07 Å². The van der Waals surface area contributed by atoms with Crippen LogP contribution in [-0.2, 0) is 0 Å². The SMILES string of the molecule is O=C1c2ccccc2N[C@H](c2ccccc2O)N1O. The summed E-state index contributed by atoms with van der Waals surface area (Å²) in [5, 5.41) is 23.4. The summed E-state index contributed by atoms with van der Waals surface area (Å²) in [4.78, 5) is 12.1. The van der Waals surface area contributed by atoms with E-state index in [1.54, 1.807) is 42.5 Å². The predicted molar refractivity (Wildman–Crippen MR) is 68.9 cm³/mol. The first kappa shape index (κ1) is 11.6. The molecule has 5 nitrogen and oxygen atoms in total. The van der Waals surface area contributed by atoms with Gasteiger partial charge in [0.25, 0.3) is 5.91 Å². The second-order valence-corrected chi connectivity index (χ2v) is 4.30. The molecule has 1 heterocycles. The Morgan fingerprint density at radius 3 is 2.53 bits per heavy atom. The maximum absolute atomic E-state index is 12.1. The first-order valence-corrected chi connectivity index (χ1v) is 5.84. The molecule has 0 fully saturated rings. The molecule has 5 heteroatoms. The van der Waals surface area contributed by atoms with Crippen LogP contribution in [0.3, 0.4) is 0 Å². The van der Waals surface area contributed by atoms with Crippen LogP contribution in [0.4, 0.5) is 5.69 Å². The fraction of sp³-hybridized carbons (Fsp3) is 0.0714. The lowest BCUT2D eigenvalue weighted by Crippen LogP contribution is -2.40. The monoisotopic (exact) mass is 256 g/mol. The molecule has 2 aromatic rings. The number of anilines is 1. The molecule has 1 aliphatic heterocycles. The zero-order valence-electron chi connectivity index (χ0n) is 9.95. The number of para-hydroxylation sites is 2. The number of hydrogen-bond acceptors (Lipinski definition) is 4. The molecular formula is C14H12N2O3. The Labute approximate surface area is 109 Å². The first-order chi connectivity index (χ1) is 9.18. The van der Waals surface area contributed by atoms with Gasteiger partial charge < -0.3 is 10.4 Å². The molecule has 1 amide bonds. The normalized spacial score (nSPS) is 17.8. The van der Waals surface area contributed by atoms with Gasteiger partial charge in [-0.3, -0.25) is 10.0 Å². The summed E-state index contributed by atoms with van der Waals surface area (Å²) in [6, 6.07) is 13.5. The van der Waals surface area contributed by atoms with E-state index >= 15 is 0 Å². The van der Waals surface area contributed by atoms with E-state index in [1.807, 2.05) is 0 Å². The lowest BCUT2D eigenvalue weighted by Gasteiger charge is -2.33. The summed E-state index contributed by atoms with van der Waals surface area (Å²) in [6.07, 6.45) is -0.802. The number of aromatic hydroxyl groups is 1. The van der Waals surface area contributed by atoms with Crippen LogP contribution in [0.5, 0.6) is 5.75 Å². The first-order valence-electron chi connectivity index (χ1n) is 5.84. The number of phenols is 1. The quantitative estimate of drug-likeness (QED) is 0.685. The van der Waals surface area contributed by atoms with Crippen LogP contribution in [0.1, 0.15) is 22.1 Å². The summed E-state index contributed by atoms with van der Waals surface area (Å²) < 4.78 is 0.